The highest BCUT2D eigenvalue weighted by atomic mass is 32.1. The molecule has 302 valence electrons. The number of fused-ring (bicyclic) bond motifs is 11. The van der Waals surface area contributed by atoms with Crippen molar-refractivity contribution >= 4 is 96.8 Å². The van der Waals surface area contributed by atoms with Crippen LogP contribution in [0.15, 0.2) is 211 Å². The van der Waals surface area contributed by atoms with Crippen LogP contribution in [0.4, 0.5) is 0 Å². The zero-order chi connectivity index (χ0) is 42.6. The second-order valence-electron chi connectivity index (χ2n) is 16.7. The van der Waals surface area contributed by atoms with Crippen LogP contribution >= 0.6 is 11.3 Å². The van der Waals surface area contributed by atoms with Crippen molar-refractivity contribution in [2.24, 2.45) is 0 Å². The minimum Gasteiger partial charge on any atom is -0.456 e. The molecule has 10 aromatic carbocycles. The fraction of sp³-hybridized carbons (Fsp3) is 0. The Kier molecular flexibility index (Phi) is 7.79. The number of nitrogens with zero attached hydrogens (tertiary/aromatic N) is 4. The monoisotopic (exact) mass is 846 g/mol. The van der Waals surface area contributed by atoms with Gasteiger partial charge >= 0.3 is 0 Å². The fourth-order valence-corrected chi connectivity index (χ4v) is 11.3. The molecule has 0 N–H and O–H groups in total. The van der Waals surface area contributed by atoms with Crippen LogP contribution in [0.5, 0.6) is 0 Å². The van der Waals surface area contributed by atoms with E-state index in [1.807, 2.05) is 24.3 Å². The van der Waals surface area contributed by atoms with E-state index in [0.29, 0.717) is 17.5 Å². The second-order valence-corrected chi connectivity index (χ2v) is 17.8. The predicted octanol–water partition coefficient (Wildman–Crippen LogP) is 16.2. The molecule has 4 aromatic heterocycles. The highest BCUT2D eigenvalue weighted by molar-refractivity contribution is 7.25. The Morgan fingerprint density at radius 3 is 1.89 bits per heavy atom. The van der Waals surface area contributed by atoms with Crippen molar-refractivity contribution in [3.63, 3.8) is 0 Å². The molecule has 14 aromatic rings. The lowest BCUT2D eigenvalue weighted by Gasteiger charge is -2.18. The molecule has 0 atom stereocenters. The maximum atomic E-state index is 6.70. The Labute approximate surface area is 376 Å². The molecule has 4 heterocycles. The number of hydrogen-bond acceptors (Lipinski definition) is 5. The Morgan fingerprint density at radius 1 is 0.369 bits per heavy atom. The summed E-state index contributed by atoms with van der Waals surface area (Å²) in [6, 6.07) is 73.3. The van der Waals surface area contributed by atoms with Crippen LogP contribution in [0.2, 0.25) is 0 Å². The van der Waals surface area contributed by atoms with Gasteiger partial charge in [-0.15, -0.1) is 11.3 Å². The van der Waals surface area contributed by atoms with Crippen LogP contribution in [-0.4, -0.2) is 19.5 Å². The van der Waals surface area contributed by atoms with Gasteiger partial charge in [0.15, 0.2) is 17.5 Å². The number of hydrogen-bond donors (Lipinski definition) is 0. The lowest BCUT2D eigenvalue weighted by molar-refractivity contribution is 0.669. The highest BCUT2D eigenvalue weighted by Crippen LogP contribution is 2.47. The molecule has 0 saturated carbocycles. The standard InChI is InChI=1S/C59H34N4OS/c1-2-15-35(16-3-1)57-60-58(62-59(61-57)45-24-14-28-53-54(45)44-23-10-13-27-52(44)65-53)42-30-29-39(63-48-25-11-8-21-41(48)46-31-36-17-4-5-18-37(36)32-49(46)63)34-47(42)55-40-20-7-6-19-38(40)33-51-56(55)43-22-9-12-26-50(43)64-51/h1-34H. The van der Waals surface area contributed by atoms with Gasteiger partial charge in [0, 0.05) is 69.7 Å². The van der Waals surface area contributed by atoms with E-state index in [0.717, 1.165) is 82.6 Å². The summed E-state index contributed by atoms with van der Waals surface area (Å²) in [7, 11) is 0. The molecule has 0 saturated heterocycles. The second kappa shape index (κ2) is 14.0. The maximum absolute atomic E-state index is 6.70. The van der Waals surface area contributed by atoms with Gasteiger partial charge in [0.2, 0.25) is 0 Å². The van der Waals surface area contributed by atoms with Crippen molar-refractivity contribution in [1.29, 1.82) is 0 Å². The van der Waals surface area contributed by atoms with Crippen LogP contribution in [0.1, 0.15) is 0 Å². The van der Waals surface area contributed by atoms with Crippen molar-refractivity contribution in [1.82, 2.24) is 19.5 Å². The number of para-hydroxylation sites is 2. The SMILES string of the molecule is c1ccc(-c2nc(-c3ccc(-n4c5ccccc5c5cc6ccccc6cc54)cc3-c3c4ccccc4cc4oc5ccccc5c34)nc(-c3cccc4sc5ccccc5c34)n2)cc1. The molecule has 0 aliphatic rings. The van der Waals surface area contributed by atoms with Gasteiger partial charge in [0.05, 0.1) is 11.0 Å². The van der Waals surface area contributed by atoms with Crippen LogP contribution in [0.3, 0.4) is 0 Å². The number of aromatic nitrogens is 4. The number of benzene rings is 10. The first kappa shape index (κ1) is 36.1. The van der Waals surface area contributed by atoms with Gasteiger partial charge in [-0.25, -0.2) is 15.0 Å². The van der Waals surface area contributed by atoms with Crippen molar-refractivity contribution in [3.05, 3.63) is 206 Å². The van der Waals surface area contributed by atoms with Crippen molar-refractivity contribution in [2.75, 3.05) is 0 Å². The number of thiophene rings is 1. The topological polar surface area (TPSA) is 56.7 Å². The van der Waals surface area contributed by atoms with E-state index < -0.39 is 0 Å². The summed E-state index contributed by atoms with van der Waals surface area (Å²) in [5.74, 6) is 1.83. The Hall–Kier alpha value is -8.45. The largest absolute Gasteiger partial charge is 0.456 e. The van der Waals surface area contributed by atoms with Gasteiger partial charge in [-0.3, -0.25) is 0 Å². The zero-order valence-corrected chi connectivity index (χ0v) is 35.6. The Balaban J connectivity index is 1.12. The molecule has 5 nitrogen and oxygen atoms in total. The molecule has 0 spiro atoms. The average Bonchev–Trinajstić information content (AvgIpc) is 4.04. The van der Waals surface area contributed by atoms with Crippen LogP contribution in [0, 0.1) is 0 Å². The summed E-state index contributed by atoms with van der Waals surface area (Å²) < 4.78 is 11.5. The number of rotatable bonds is 5. The van der Waals surface area contributed by atoms with Gasteiger partial charge in [0.25, 0.3) is 0 Å². The van der Waals surface area contributed by atoms with Crippen LogP contribution < -0.4 is 0 Å². The van der Waals surface area contributed by atoms with E-state index in [-0.39, 0.29) is 0 Å². The molecule has 0 aliphatic heterocycles. The van der Waals surface area contributed by atoms with Gasteiger partial charge in [0.1, 0.15) is 11.2 Å². The summed E-state index contributed by atoms with van der Waals surface area (Å²) in [6.45, 7) is 0. The zero-order valence-electron chi connectivity index (χ0n) is 34.7. The van der Waals surface area contributed by atoms with Crippen molar-refractivity contribution in [2.45, 2.75) is 0 Å². The molecule has 0 amide bonds. The van der Waals surface area contributed by atoms with Crippen LogP contribution in [0.25, 0.3) is 136 Å². The quantitative estimate of drug-likeness (QED) is 0.173. The van der Waals surface area contributed by atoms with E-state index >= 15 is 0 Å². The Bertz CT molecular complexity index is 4260. The highest BCUT2D eigenvalue weighted by Gasteiger charge is 2.24. The molecule has 14 rings (SSSR count). The minimum absolute atomic E-state index is 0.592. The summed E-state index contributed by atoms with van der Waals surface area (Å²) >= 11 is 1.79. The van der Waals surface area contributed by atoms with E-state index in [1.54, 1.807) is 11.3 Å². The smallest absolute Gasteiger partial charge is 0.164 e. The molecular weight excluding hydrogens is 813 g/mol. The lowest BCUT2D eigenvalue weighted by Crippen LogP contribution is -2.02. The van der Waals surface area contributed by atoms with Crippen LogP contribution in [-0.2, 0) is 0 Å². The van der Waals surface area contributed by atoms with Gasteiger partial charge < -0.3 is 8.98 Å². The molecule has 0 aliphatic carbocycles. The molecule has 0 unspecified atom stereocenters. The molecule has 65 heavy (non-hydrogen) atoms. The van der Waals surface area contributed by atoms with Gasteiger partial charge in [-0.05, 0) is 87.8 Å². The van der Waals surface area contributed by atoms with Crippen molar-refractivity contribution in [3.8, 4) is 51.0 Å². The summed E-state index contributed by atoms with van der Waals surface area (Å²) in [6.07, 6.45) is 0. The first-order valence-electron chi connectivity index (χ1n) is 21.8. The Morgan fingerprint density at radius 2 is 1.03 bits per heavy atom. The van der Waals surface area contributed by atoms with Gasteiger partial charge in [-0.2, -0.15) is 0 Å². The summed E-state index contributed by atoms with van der Waals surface area (Å²) in [5.41, 5.74) is 9.85. The van der Waals surface area contributed by atoms with Crippen molar-refractivity contribution < 1.29 is 4.42 Å². The first-order chi connectivity index (χ1) is 32.2. The number of furan rings is 1. The minimum atomic E-state index is 0.592. The molecule has 0 fully saturated rings. The maximum Gasteiger partial charge on any atom is 0.164 e. The molecule has 6 heteroatoms. The molecule has 0 radical (unpaired) electrons. The summed E-state index contributed by atoms with van der Waals surface area (Å²) in [5, 5.41) is 11.5. The van der Waals surface area contributed by atoms with E-state index in [1.165, 1.54) is 36.3 Å². The van der Waals surface area contributed by atoms with E-state index in [9.17, 15) is 0 Å². The normalized spacial score (nSPS) is 12.0. The van der Waals surface area contributed by atoms with E-state index in [2.05, 4.69) is 187 Å². The summed E-state index contributed by atoms with van der Waals surface area (Å²) in [4.78, 5) is 16.2. The molecule has 0 bridgehead atoms. The lowest BCUT2D eigenvalue weighted by atomic mass is 9.90. The van der Waals surface area contributed by atoms with E-state index in [4.69, 9.17) is 19.4 Å². The fourth-order valence-electron chi connectivity index (χ4n) is 10.1. The third kappa shape index (κ3) is 5.54. The third-order valence-electron chi connectivity index (χ3n) is 13.0. The first-order valence-corrected chi connectivity index (χ1v) is 22.7. The average molecular weight is 847 g/mol. The van der Waals surface area contributed by atoms with Gasteiger partial charge in [-0.1, -0.05) is 146 Å². The third-order valence-corrected chi connectivity index (χ3v) is 14.1. The predicted molar refractivity (Wildman–Crippen MR) is 271 cm³/mol. The molecular formula is C59H34N4OS.